The van der Waals surface area contributed by atoms with E-state index in [0.29, 0.717) is 35.3 Å². The van der Waals surface area contributed by atoms with Crippen molar-refractivity contribution in [2.75, 3.05) is 13.2 Å². The SMILES string of the molecule is CC(C)[C@@H](NC(=O)Cc1cc(Cl)c2c(c1)OCCCO2)C(=O)OC(C)(C)C. The summed E-state index contributed by atoms with van der Waals surface area (Å²) in [6, 6.07) is 2.73. The van der Waals surface area contributed by atoms with Gasteiger partial charge in [-0.1, -0.05) is 25.4 Å². The third kappa shape index (κ3) is 6.31. The quantitative estimate of drug-likeness (QED) is 0.769. The van der Waals surface area contributed by atoms with E-state index in [1.165, 1.54) is 0 Å². The minimum atomic E-state index is -0.715. The zero-order valence-corrected chi connectivity index (χ0v) is 17.3. The van der Waals surface area contributed by atoms with Gasteiger partial charge in [0.05, 0.1) is 24.7 Å². The maximum atomic E-state index is 12.5. The molecule has 0 saturated heterocycles. The van der Waals surface area contributed by atoms with E-state index >= 15 is 0 Å². The molecule has 0 bridgehead atoms. The van der Waals surface area contributed by atoms with E-state index in [0.717, 1.165) is 6.42 Å². The van der Waals surface area contributed by atoms with Crippen LogP contribution in [-0.4, -0.2) is 36.7 Å². The Morgan fingerprint density at radius 1 is 1.22 bits per heavy atom. The van der Waals surface area contributed by atoms with Crippen LogP contribution >= 0.6 is 11.6 Å². The smallest absolute Gasteiger partial charge is 0.329 e. The van der Waals surface area contributed by atoms with E-state index in [4.69, 9.17) is 25.8 Å². The Labute approximate surface area is 165 Å². The fourth-order valence-electron chi connectivity index (χ4n) is 2.66. The summed E-state index contributed by atoms with van der Waals surface area (Å²) in [5.74, 6) is 0.214. The van der Waals surface area contributed by atoms with Crippen molar-refractivity contribution in [2.45, 2.75) is 59.1 Å². The van der Waals surface area contributed by atoms with Crippen molar-refractivity contribution in [3.05, 3.63) is 22.7 Å². The van der Waals surface area contributed by atoms with Crippen LogP contribution in [0.5, 0.6) is 11.5 Å². The molecule has 0 unspecified atom stereocenters. The molecule has 1 aliphatic rings. The van der Waals surface area contributed by atoms with Crippen LogP contribution in [-0.2, 0) is 20.7 Å². The average molecular weight is 398 g/mol. The summed E-state index contributed by atoms with van der Waals surface area (Å²) in [5.41, 5.74) is 0.0741. The van der Waals surface area contributed by atoms with Crippen molar-refractivity contribution in [3.8, 4) is 11.5 Å². The van der Waals surface area contributed by atoms with E-state index in [1.807, 2.05) is 13.8 Å². The van der Waals surface area contributed by atoms with Crippen LogP contribution in [0.15, 0.2) is 12.1 Å². The summed E-state index contributed by atoms with van der Waals surface area (Å²) in [7, 11) is 0. The largest absolute Gasteiger partial charge is 0.489 e. The Balaban J connectivity index is 2.08. The van der Waals surface area contributed by atoms with Crippen LogP contribution in [0, 0.1) is 5.92 Å². The topological polar surface area (TPSA) is 73.9 Å². The van der Waals surface area contributed by atoms with Crippen molar-refractivity contribution in [2.24, 2.45) is 5.92 Å². The molecule has 0 spiro atoms. The van der Waals surface area contributed by atoms with Crippen molar-refractivity contribution in [1.29, 1.82) is 0 Å². The minimum Gasteiger partial charge on any atom is -0.489 e. The van der Waals surface area contributed by atoms with Gasteiger partial charge in [0.1, 0.15) is 11.6 Å². The average Bonchev–Trinajstić information content (AvgIpc) is 2.76. The second kappa shape index (κ2) is 8.83. The molecule has 1 atom stereocenters. The fourth-order valence-corrected chi connectivity index (χ4v) is 2.95. The highest BCUT2D eigenvalue weighted by molar-refractivity contribution is 6.32. The second-order valence-electron chi connectivity index (χ2n) is 7.95. The molecule has 1 aliphatic heterocycles. The standard InChI is InChI=1S/C20H28ClNO5/c1-12(2)17(19(24)27-20(3,4)5)22-16(23)11-13-9-14(21)18-15(10-13)25-7-6-8-26-18/h9-10,12,17H,6-8,11H2,1-5H3,(H,22,23)/t17-/m1/s1. The van der Waals surface area contributed by atoms with E-state index in [2.05, 4.69) is 5.32 Å². The van der Waals surface area contributed by atoms with Gasteiger partial charge in [0.15, 0.2) is 11.5 Å². The maximum absolute atomic E-state index is 12.5. The zero-order valence-electron chi connectivity index (χ0n) is 16.6. The van der Waals surface area contributed by atoms with Gasteiger partial charge in [-0.2, -0.15) is 0 Å². The summed E-state index contributed by atoms with van der Waals surface area (Å²) < 4.78 is 16.7. The summed E-state index contributed by atoms with van der Waals surface area (Å²) in [5, 5.41) is 3.18. The van der Waals surface area contributed by atoms with Crippen molar-refractivity contribution in [3.63, 3.8) is 0 Å². The number of halogens is 1. The molecule has 1 N–H and O–H groups in total. The van der Waals surface area contributed by atoms with E-state index in [-0.39, 0.29) is 18.2 Å². The fraction of sp³-hybridized carbons (Fsp3) is 0.600. The zero-order chi connectivity index (χ0) is 20.2. The number of fused-ring (bicyclic) bond motifs is 1. The molecule has 7 heteroatoms. The molecule has 1 amide bonds. The number of carbonyl (C=O) groups is 2. The number of ether oxygens (including phenoxy) is 3. The number of rotatable bonds is 5. The number of esters is 1. The Morgan fingerprint density at radius 3 is 2.52 bits per heavy atom. The molecule has 0 aromatic heterocycles. The van der Waals surface area contributed by atoms with Crippen LogP contribution in [0.25, 0.3) is 0 Å². The Kier molecular flexibility index (Phi) is 6.98. The lowest BCUT2D eigenvalue weighted by molar-refractivity contribution is -0.159. The highest BCUT2D eigenvalue weighted by Crippen LogP contribution is 2.38. The summed E-state index contributed by atoms with van der Waals surface area (Å²) in [6.07, 6.45) is 0.842. The van der Waals surface area contributed by atoms with Crippen LogP contribution in [0.2, 0.25) is 5.02 Å². The molecule has 0 fully saturated rings. The number of benzene rings is 1. The summed E-state index contributed by atoms with van der Waals surface area (Å²) >= 11 is 6.27. The van der Waals surface area contributed by atoms with Gasteiger partial charge < -0.3 is 19.5 Å². The van der Waals surface area contributed by atoms with Crippen LogP contribution in [0.1, 0.15) is 46.6 Å². The molecule has 0 radical (unpaired) electrons. The molecule has 1 aromatic carbocycles. The molecule has 6 nitrogen and oxygen atoms in total. The van der Waals surface area contributed by atoms with Crippen LogP contribution in [0.3, 0.4) is 0 Å². The molecule has 1 heterocycles. The van der Waals surface area contributed by atoms with Gasteiger partial charge >= 0.3 is 5.97 Å². The first kappa shape index (κ1) is 21.4. The molecule has 150 valence electrons. The van der Waals surface area contributed by atoms with Crippen molar-refractivity contribution < 1.29 is 23.8 Å². The van der Waals surface area contributed by atoms with Gasteiger partial charge in [0.25, 0.3) is 0 Å². The number of carbonyl (C=O) groups excluding carboxylic acids is 2. The highest BCUT2D eigenvalue weighted by Gasteiger charge is 2.29. The molecule has 27 heavy (non-hydrogen) atoms. The normalized spacial score (nSPS) is 15.1. The lowest BCUT2D eigenvalue weighted by Gasteiger charge is -2.26. The van der Waals surface area contributed by atoms with Gasteiger partial charge in [0.2, 0.25) is 5.91 Å². The highest BCUT2D eigenvalue weighted by atomic mass is 35.5. The number of hydrogen-bond donors (Lipinski definition) is 1. The predicted molar refractivity (Wildman–Crippen MR) is 103 cm³/mol. The molecule has 1 aromatic rings. The summed E-state index contributed by atoms with van der Waals surface area (Å²) in [6.45, 7) is 10.2. The molecular formula is C20H28ClNO5. The van der Waals surface area contributed by atoms with Crippen LogP contribution < -0.4 is 14.8 Å². The lowest BCUT2D eigenvalue weighted by atomic mass is 10.0. The first-order valence-corrected chi connectivity index (χ1v) is 9.55. The third-order valence-electron chi connectivity index (χ3n) is 3.87. The predicted octanol–water partition coefficient (Wildman–Crippen LogP) is 3.53. The van der Waals surface area contributed by atoms with E-state index in [1.54, 1.807) is 32.9 Å². The molecule has 2 rings (SSSR count). The first-order valence-electron chi connectivity index (χ1n) is 9.17. The Hall–Kier alpha value is -1.95. The van der Waals surface area contributed by atoms with Gasteiger partial charge in [-0.05, 0) is 44.4 Å². The number of amides is 1. The van der Waals surface area contributed by atoms with E-state index in [9.17, 15) is 9.59 Å². The van der Waals surface area contributed by atoms with Gasteiger partial charge in [-0.15, -0.1) is 0 Å². The van der Waals surface area contributed by atoms with Gasteiger partial charge in [0, 0.05) is 6.42 Å². The summed E-state index contributed by atoms with van der Waals surface area (Å²) in [4.78, 5) is 24.9. The molecular weight excluding hydrogens is 370 g/mol. The number of hydrogen-bond acceptors (Lipinski definition) is 5. The second-order valence-corrected chi connectivity index (χ2v) is 8.36. The Morgan fingerprint density at radius 2 is 1.89 bits per heavy atom. The third-order valence-corrected chi connectivity index (χ3v) is 4.15. The number of nitrogens with one attached hydrogen (secondary N) is 1. The van der Waals surface area contributed by atoms with Crippen molar-refractivity contribution in [1.82, 2.24) is 5.32 Å². The Bertz CT molecular complexity index is 696. The minimum absolute atomic E-state index is 0.0718. The first-order chi connectivity index (χ1) is 12.6. The van der Waals surface area contributed by atoms with Crippen LogP contribution in [0.4, 0.5) is 0 Å². The van der Waals surface area contributed by atoms with Gasteiger partial charge in [-0.25, -0.2) is 4.79 Å². The molecule has 0 saturated carbocycles. The van der Waals surface area contributed by atoms with Crippen molar-refractivity contribution >= 4 is 23.5 Å². The van der Waals surface area contributed by atoms with E-state index < -0.39 is 17.6 Å². The van der Waals surface area contributed by atoms with Gasteiger partial charge in [-0.3, -0.25) is 4.79 Å². The molecule has 0 aliphatic carbocycles. The lowest BCUT2D eigenvalue weighted by Crippen LogP contribution is -2.47. The monoisotopic (exact) mass is 397 g/mol. The maximum Gasteiger partial charge on any atom is 0.329 e.